The van der Waals surface area contributed by atoms with Gasteiger partial charge in [0.05, 0.1) is 13.2 Å². The Kier molecular flexibility index (Phi) is 6.83. The highest BCUT2D eigenvalue weighted by atomic mass is 28.4. The lowest BCUT2D eigenvalue weighted by atomic mass is 9.70. The number of allylic oxidation sites excluding steroid dienone is 2. The summed E-state index contributed by atoms with van der Waals surface area (Å²) in [5.41, 5.74) is -1.21. The fraction of sp³-hybridized carbons (Fsp3) is 0.385. The molecular weight excluding hydrogens is 402 g/mol. The standard InChI is InChI=1S/C26H31NO3Si/c1-25(2,3)31(22-14-7-5-8-15-22,23-16-9-6-10-17-23)30-19-21-13-11-12-18-26(21,20-27)24(28)29-4/h5-12,14-17,21H,13,18-19H2,1-4H3/t21-,26-/m1/s1. The van der Waals surface area contributed by atoms with E-state index in [4.69, 9.17) is 9.16 Å². The number of methoxy groups -OCH3 is 1. The maximum Gasteiger partial charge on any atom is 0.326 e. The molecule has 0 fully saturated rings. The average molecular weight is 434 g/mol. The summed E-state index contributed by atoms with van der Waals surface area (Å²) in [7, 11) is -1.39. The summed E-state index contributed by atoms with van der Waals surface area (Å²) in [6.07, 6.45) is 4.91. The van der Waals surface area contributed by atoms with Crippen LogP contribution in [0.1, 0.15) is 33.6 Å². The van der Waals surface area contributed by atoms with E-state index >= 15 is 0 Å². The van der Waals surface area contributed by atoms with Gasteiger partial charge in [-0.15, -0.1) is 0 Å². The molecule has 5 heteroatoms. The molecule has 2 aromatic rings. The van der Waals surface area contributed by atoms with E-state index in [0.29, 0.717) is 19.4 Å². The van der Waals surface area contributed by atoms with Gasteiger partial charge in [-0.2, -0.15) is 5.26 Å². The highest BCUT2D eigenvalue weighted by Gasteiger charge is 2.53. The molecule has 0 unspecified atom stereocenters. The van der Waals surface area contributed by atoms with Gasteiger partial charge in [-0.1, -0.05) is 93.6 Å². The summed E-state index contributed by atoms with van der Waals surface area (Å²) in [6.45, 7) is 6.98. The normalized spacial score (nSPS) is 21.3. The SMILES string of the molecule is COC(=O)[C@@]1(C#N)CC=CC[C@@H]1CO[Si](c1ccccc1)(c1ccccc1)C(C)(C)C. The Morgan fingerprint density at radius 1 is 1.06 bits per heavy atom. The molecule has 0 bridgehead atoms. The monoisotopic (exact) mass is 433 g/mol. The van der Waals surface area contributed by atoms with Crippen LogP contribution in [0.3, 0.4) is 0 Å². The number of nitrogens with zero attached hydrogens (tertiary/aromatic N) is 1. The van der Waals surface area contributed by atoms with Crippen LogP contribution in [0.15, 0.2) is 72.8 Å². The summed E-state index contributed by atoms with van der Waals surface area (Å²) >= 11 is 0. The third-order valence-electron chi connectivity index (χ3n) is 6.39. The van der Waals surface area contributed by atoms with Crippen LogP contribution in [-0.2, 0) is 14.0 Å². The Morgan fingerprint density at radius 3 is 2.06 bits per heavy atom. The number of benzene rings is 2. The van der Waals surface area contributed by atoms with Crippen molar-refractivity contribution in [2.75, 3.05) is 13.7 Å². The summed E-state index contributed by atoms with van der Waals surface area (Å²) in [5.74, 6) is -0.744. The second kappa shape index (κ2) is 9.21. The van der Waals surface area contributed by atoms with Gasteiger partial charge in [0, 0.05) is 12.5 Å². The Labute approximate surface area is 186 Å². The van der Waals surface area contributed by atoms with Crippen LogP contribution in [0.2, 0.25) is 5.04 Å². The van der Waals surface area contributed by atoms with E-state index in [1.807, 2.05) is 48.6 Å². The van der Waals surface area contributed by atoms with Crippen molar-refractivity contribution in [3.63, 3.8) is 0 Å². The molecule has 0 aromatic heterocycles. The lowest BCUT2D eigenvalue weighted by molar-refractivity contribution is -0.153. The Bertz CT molecular complexity index is 920. The zero-order valence-electron chi connectivity index (χ0n) is 18.8. The molecule has 2 atom stereocenters. The van der Waals surface area contributed by atoms with Crippen LogP contribution in [0.4, 0.5) is 0 Å². The number of hydrogen-bond acceptors (Lipinski definition) is 4. The molecule has 31 heavy (non-hydrogen) atoms. The molecule has 4 nitrogen and oxygen atoms in total. The Hall–Kier alpha value is -2.68. The first-order valence-corrected chi connectivity index (χ1v) is 12.6. The molecule has 0 amide bonds. The van der Waals surface area contributed by atoms with E-state index < -0.39 is 19.7 Å². The van der Waals surface area contributed by atoms with E-state index in [1.54, 1.807) is 0 Å². The van der Waals surface area contributed by atoms with Crippen molar-refractivity contribution in [2.24, 2.45) is 11.3 Å². The third-order valence-corrected chi connectivity index (χ3v) is 11.4. The molecule has 162 valence electrons. The Morgan fingerprint density at radius 2 is 1.61 bits per heavy atom. The van der Waals surface area contributed by atoms with Crippen molar-refractivity contribution in [3.8, 4) is 6.07 Å². The van der Waals surface area contributed by atoms with Gasteiger partial charge >= 0.3 is 5.97 Å². The van der Waals surface area contributed by atoms with Gasteiger partial charge in [-0.3, -0.25) is 4.79 Å². The van der Waals surface area contributed by atoms with Crippen LogP contribution in [-0.4, -0.2) is 28.0 Å². The zero-order valence-corrected chi connectivity index (χ0v) is 19.8. The first kappa shape index (κ1) is 23.0. The van der Waals surface area contributed by atoms with E-state index in [-0.39, 0.29) is 11.0 Å². The molecule has 3 rings (SSSR count). The molecule has 1 aliphatic carbocycles. The van der Waals surface area contributed by atoms with Crippen molar-refractivity contribution >= 4 is 24.7 Å². The highest BCUT2D eigenvalue weighted by Crippen LogP contribution is 2.42. The van der Waals surface area contributed by atoms with E-state index in [1.165, 1.54) is 17.5 Å². The van der Waals surface area contributed by atoms with E-state index in [0.717, 1.165) is 0 Å². The quantitative estimate of drug-likeness (QED) is 0.389. The van der Waals surface area contributed by atoms with Crippen LogP contribution < -0.4 is 10.4 Å². The molecule has 0 spiro atoms. The molecule has 0 aliphatic heterocycles. The minimum atomic E-state index is -2.74. The van der Waals surface area contributed by atoms with Gasteiger partial charge in [-0.25, -0.2) is 0 Å². The molecule has 0 saturated carbocycles. The zero-order chi connectivity index (χ0) is 22.5. The lowest BCUT2D eigenvalue weighted by Gasteiger charge is -2.45. The third kappa shape index (κ3) is 4.10. The average Bonchev–Trinajstić information content (AvgIpc) is 2.79. The van der Waals surface area contributed by atoms with Crippen LogP contribution in [0.25, 0.3) is 0 Å². The first-order valence-electron chi connectivity index (χ1n) is 10.7. The van der Waals surface area contributed by atoms with Crippen molar-refractivity contribution in [1.29, 1.82) is 5.26 Å². The van der Waals surface area contributed by atoms with Crippen LogP contribution in [0.5, 0.6) is 0 Å². The maximum atomic E-state index is 12.7. The van der Waals surface area contributed by atoms with Crippen molar-refractivity contribution in [1.82, 2.24) is 0 Å². The molecule has 0 heterocycles. The summed E-state index contributed by atoms with van der Waals surface area (Å²) in [5, 5.41) is 12.2. The highest BCUT2D eigenvalue weighted by molar-refractivity contribution is 6.99. The van der Waals surface area contributed by atoms with Gasteiger partial charge in [0.2, 0.25) is 0 Å². The van der Waals surface area contributed by atoms with E-state index in [9.17, 15) is 10.1 Å². The van der Waals surface area contributed by atoms with Crippen molar-refractivity contribution < 1.29 is 14.0 Å². The number of ether oxygens (including phenoxy) is 1. The second-order valence-corrected chi connectivity index (χ2v) is 13.5. The van der Waals surface area contributed by atoms with Gasteiger partial charge < -0.3 is 9.16 Å². The van der Waals surface area contributed by atoms with Crippen molar-refractivity contribution in [3.05, 3.63) is 72.8 Å². The number of hydrogen-bond donors (Lipinski definition) is 0. The van der Waals surface area contributed by atoms with Gasteiger partial charge in [0.1, 0.15) is 0 Å². The minimum absolute atomic E-state index is 0.166. The van der Waals surface area contributed by atoms with Crippen LogP contribution >= 0.6 is 0 Å². The molecule has 2 aromatic carbocycles. The van der Waals surface area contributed by atoms with Crippen molar-refractivity contribution in [2.45, 2.75) is 38.7 Å². The molecule has 1 aliphatic rings. The predicted octanol–water partition coefficient (Wildman–Crippen LogP) is 4.21. The number of nitriles is 1. The van der Waals surface area contributed by atoms with Crippen LogP contribution in [0, 0.1) is 22.7 Å². The molecular formula is C26H31NO3Si. The summed E-state index contributed by atoms with van der Waals surface area (Å²) in [4.78, 5) is 12.7. The number of rotatable bonds is 6. The minimum Gasteiger partial charge on any atom is -0.468 e. The van der Waals surface area contributed by atoms with Gasteiger partial charge in [0.15, 0.2) is 5.41 Å². The Balaban J connectivity index is 2.09. The smallest absolute Gasteiger partial charge is 0.326 e. The number of carbonyl (C=O) groups is 1. The molecule has 0 radical (unpaired) electrons. The predicted molar refractivity (Wildman–Crippen MR) is 125 cm³/mol. The summed E-state index contributed by atoms with van der Waals surface area (Å²) in [6, 6.07) is 23.1. The maximum absolute atomic E-state index is 12.7. The molecule has 0 saturated heterocycles. The summed E-state index contributed by atoms with van der Waals surface area (Å²) < 4.78 is 12.0. The second-order valence-electron chi connectivity index (χ2n) is 9.16. The topological polar surface area (TPSA) is 59.3 Å². The molecule has 0 N–H and O–H groups in total. The number of carbonyl (C=O) groups excluding carboxylic acids is 1. The van der Waals surface area contributed by atoms with Gasteiger partial charge in [0.25, 0.3) is 8.32 Å². The lowest BCUT2D eigenvalue weighted by Crippen LogP contribution is -2.67. The first-order chi connectivity index (χ1) is 14.8. The largest absolute Gasteiger partial charge is 0.468 e. The van der Waals surface area contributed by atoms with E-state index in [2.05, 4.69) is 51.1 Å². The number of esters is 1. The fourth-order valence-electron chi connectivity index (χ4n) is 4.71. The fourth-order valence-corrected chi connectivity index (χ4v) is 9.32. The van der Waals surface area contributed by atoms with Gasteiger partial charge in [-0.05, 0) is 28.3 Å².